The highest BCUT2D eigenvalue weighted by Crippen LogP contribution is 2.22. The van der Waals surface area contributed by atoms with E-state index in [0.717, 1.165) is 15.5 Å². The Bertz CT molecular complexity index is 528. The van der Waals surface area contributed by atoms with Crippen LogP contribution in [-0.2, 0) is 6.61 Å². The predicted octanol–water partition coefficient (Wildman–Crippen LogP) is 1.97. The molecule has 0 aliphatic rings. The maximum Gasteiger partial charge on any atom is 0.416 e. The van der Waals surface area contributed by atoms with Crippen LogP contribution in [0.15, 0.2) is 24.3 Å². The molecule has 0 bridgehead atoms. The van der Waals surface area contributed by atoms with E-state index < -0.39 is 6.09 Å². The number of fused-ring (bicyclic) bond motifs is 1. The summed E-state index contributed by atoms with van der Waals surface area (Å²) >= 11 is 0. The topological polar surface area (TPSA) is 62.5 Å². The fraction of sp³-hybridized carbons (Fsp3) is 0.182. The smallest absolute Gasteiger partial charge is 0.416 e. The molecule has 0 aliphatic heterocycles. The molecule has 15 heavy (non-hydrogen) atoms. The van der Waals surface area contributed by atoms with Crippen molar-refractivity contribution < 1.29 is 15.0 Å². The highest BCUT2D eigenvalue weighted by Gasteiger charge is 2.13. The molecule has 2 N–H and O–H groups in total. The molecule has 0 atom stereocenters. The van der Waals surface area contributed by atoms with E-state index >= 15 is 0 Å². The molecular formula is C11H11NO3. The van der Waals surface area contributed by atoms with Crippen molar-refractivity contribution in [3.8, 4) is 0 Å². The summed E-state index contributed by atoms with van der Waals surface area (Å²) < 4.78 is 1.11. The molecule has 0 amide bonds. The summed E-state index contributed by atoms with van der Waals surface area (Å²) in [7, 11) is 0. The van der Waals surface area contributed by atoms with Crippen molar-refractivity contribution in [2.45, 2.75) is 13.5 Å². The molecule has 0 unspecified atom stereocenters. The Morgan fingerprint density at radius 2 is 2.20 bits per heavy atom. The number of carboxylic acid groups (broad SMARTS) is 1. The minimum atomic E-state index is -1.07. The maximum absolute atomic E-state index is 11.0. The minimum absolute atomic E-state index is 0.277. The van der Waals surface area contributed by atoms with Gasteiger partial charge in [-0.15, -0.1) is 0 Å². The molecule has 0 spiro atoms. The zero-order valence-electron chi connectivity index (χ0n) is 8.27. The Hall–Kier alpha value is -1.81. The molecule has 1 heterocycles. The van der Waals surface area contributed by atoms with E-state index in [2.05, 4.69) is 0 Å². The second-order valence-electron chi connectivity index (χ2n) is 3.42. The van der Waals surface area contributed by atoms with Crippen LogP contribution in [0.1, 0.15) is 11.3 Å². The van der Waals surface area contributed by atoms with Crippen LogP contribution in [0.2, 0.25) is 0 Å². The lowest BCUT2D eigenvalue weighted by Gasteiger charge is -2.02. The molecule has 0 saturated carbocycles. The zero-order valence-corrected chi connectivity index (χ0v) is 8.27. The molecule has 2 aromatic rings. The SMILES string of the molecule is Cc1cccc2c1cc(CO)n2C(=O)O. The number of aliphatic hydroxyl groups is 1. The number of benzene rings is 1. The van der Waals surface area contributed by atoms with E-state index in [9.17, 15) is 4.79 Å². The first-order valence-electron chi connectivity index (χ1n) is 4.59. The first kappa shape index (κ1) is 9.73. The summed E-state index contributed by atoms with van der Waals surface area (Å²) in [6, 6.07) is 7.16. The molecule has 0 fully saturated rings. The van der Waals surface area contributed by atoms with E-state index in [0.29, 0.717) is 11.2 Å². The van der Waals surface area contributed by atoms with Crippen molar-refractivity contribution in [1.29, 1.82) is 0 Å². The van der Waals surface area contributed by atoms with Crippen molar-refractivity contribution in [3.05, 3.63) is 35.5 Å². The highest BCUT2D eigenvalue weighted by atomic mass is 16.4. The Balaban J connectivity index is 2.86. The van der Waals surface area contributed by atoms with E-state index in [4.69, 9.17) is 10.2 Å². The first-order chi connectivity index (χ1) is 7.15. The molecule has 4 heteroatoms. The van der Waals surface area contributed by atoms with Gasteiger partial charge in [0, 0.05) is 5.39 Å². The molecular weight excluding hydrogens is 194 g/mol. The fourth-order valence-corrected chi connectivity index (χ4v) is 1.78. The second-order valence-corrected chi connectivity index (χ2v) is 3.42. The van der Waals surface area contributed by atoms with Gasteiger partial charge in [-0.25, -0.2) is 9.36 Å². The standard InChI is InChI=1S/C11H11NO3/c1-7-3-2-4-10-9(7)5-8(6-13)12(10)11(14)15/h2-5,13H,6H2,1H3,(H,14,15). The third-order valence-electron chi connectivity index (χ3n) is 2.49. The summed E-state index contributed by atoms with van der Waals surface area (Å²) in [5.74, 6) is 0. The first-order valence-corrected chi connectivity index (χ1v) is 4.59. The van der Waals surface area contributed by atoms with Crippen molar-refractivity contribution in [2.75, 3.05) is 0 Å². The third-order valence-corrected chi connectivity index (χ3v) is 2.49. The van der Waals surface area contributed by atoms with Crippen molar-refractivity contribution >= 4 is 17.0 Å². The van der Waals surface area contributed by atoms with Gasteiger partial charge in [0.15, 0.2) is 0 Å². The molecule has 1 aromatic heterocycles. The Labute approximate surface area is 86.4 Å². The van der Waals surface area contributed by atoms with Crippen LogP contribution in [0.25, 0.3) is 10.9 Å². The van der Waals surface area contributed by atoms with E-state index in [1.807, 2.05) is 13.0 Å². The summed E-state index contributed by atoms with van der Waals surface area (Å²) in [4.78, 5) is 11.0. The van der Waals surface area contributed by atoms with Gasteiger partial charge in [0.05, 0.1) is 17.8 Å². The molecule has 0 radical (unpaired) electrons. The normalized spacial score (nSPS) is 10.8. The summed E-state index contributed by atoms with van der Waals surface area (Å²) in [6.45, 7) is 1.64. The van der Waals surface area contributed by atoms with Crippen LogP contribution in [0, 0.1) is 6.92 Å². The number of rotatable bonds is 1. The lowest BCUT2D eigenvalue weighted by molar-refractivity contribution is 0.193. The van der Waals surface area contributed by atoms with Crippen LogP contribution < -0.4 is 0 Å². The van der Waals surface area contributed by atoms with Crippen LogP contribution in [-0.4, -0.2) is 20.9 Å². The van der Waals surface area contributed by atoms with Gasteiger partial charge in [0.2, 0.25) is 0 Å². The van der Waals surface area contributed by atoms with Gasteiger partial charge in [-0.2, -0.15) is 0 Å². The van der Waals surface area contributed by atoms with Gasteiger partial charge in [-0.1, -0.05) is 12.1 Å². The van der Waals surface area contributed by atoms with Gasteiger partial charge in [0.25, 0.3) is 0 Å². The van der Waals surface area contributed by atoms with Gasteiger partial charge in [-0.05, 0) is 24.6 Å². The zero-order chi connectivity index (χ0) is 11.0. The minimum Gasteiger partial charge on any atom is -0.464 e. The number of hydrogen-bond donors (Lipinski definition) is 2. The molecule has 1 aromatic carbocycles. The van der Waals surface area contributed by atoms with Crippen molar-refractivity contribution in [2.24, 2.45) is 0 Å². The maximum atomic E-state index is 11.0. The lowest BCUT2D eigenvalue weighted by atomic mass is 10.1. The molecule has 0 saturated heterocycles. The van der Waals surface area contributed by atoms with E-state index in [1.54, 1.807) is 18.2 Å². The lowest BCUT2D eigenvalue weighted by Crippen LogP contribution is -2.11. The third kappa shape index (κ3) is 1.39. The van der Waals surface area contributed by atoms with Crippen LogP contribution in [0.5, 0.6) is 0 Å². The summed E-state index contributed by atoms with van der Waals surface area (Å²) in [5, 5.41) is 19.0. The van der Waals surface area contributed by atoms with Crippen LogP contribution in [0.3, 0.4) is 0 Å². The second kappa shape index (κ2) is 3.40. The number of hydrogen-bond acceptors (Lipinski definition) is 2. The van der Waals surface area contributed by atoms with Gasteiger partial charge in [0.1, 0.15) is 0 Å². The number of aliphatic hydroxyl groups excluding tert-OH is 1. The average molecular weight is 205 g/mol. The van der Waals surface area contributed by atoms with Gasteiger partial charge in [-0.3, -0.25) is 0 Å². The van der Waals surface area contributed by atoms with E-state index in [1.165, 1.54) is 0 Å². The van der Waals surface area contributed by atoms with Crippen molar-refractivity contribution in [1.82, 2.24) is 4.57 Å². The average Bonchev–Trinajstić information content (AvgIpc) is 2.57. The number of carbonyl (C=O) groups is 1. The quantitative estimate of drug-likeness (QED) is 0.748. The van der Waals surface area contributed by atoms with Crippen LogP contribution >= 0.6 is 0 Å². The van der Waals surface area contributed by atoms with Crippen LogP contribution in [0.4, 0.5) is 4.79 Å². The predicted molar refractivity (Wildman–Crippen MR) is 56.0 cm³/mol. The fourth-order valence-electron chi connectivity index (χ4n) is 1.78. The molecule has 0 aliphatic carbocycles. The van der Waals surface area contributed by atoms with Crippen molar-refractivity contribution in [3.63, 3.8) is 0 Å². The largest absolute Gasteiger partial charge is 0.464 e. The Kier molecular flexibility index (Phi) is 2.21. The monoisotopic (exact) mass is 205 g/mol. The summed E-state index contributed by atoms with van der Waals surface area (Å²) in [5.41, 5.74) is 2.01. The summed E-state index contributed by atoms with van der Waals surface area (Å²) in [6.07, 6.45) is -1.07. The van der Waals surface area contributed by atoms with Gasteiger partial charge >= 0.3 is 6.09 Å². The number of nitrogens with zero attached hydrogens (tertiary/aromatic N) is 1. The number of aryl methyl sites for hydroxylation is 1. The number of aromatic nitrogens is 1. The highest BCUT2D eigenvalue weighted by molar-refractivity contribution is 5.92. The molecule has 78 valence electrons. The Morgan fingerprint density at radius 3 is 2.80 bits per heavy atom. The Morgan fingerprint density at radius 1 is 1.47 bits per heavy atom. The molecule has 2 rings (SSSR count). The van der Waals surface area contributed by atoms with E-state index in [-0.39, 0.29) is 6.61 Å². The molecule has 4 nitrogen and oxygen atoms in total. The van der Waals surface area contributed by atoms with Gasteiger partial charge < -0.3 is 10.2 Å².